The highest BCUT2D eigenvalue weighted by molar-refractivity contribution is 6.62. The van der Waals surface area contributed by atoms with Gasteiger partial charge in [-0.05, 0) is 35.5 Å². The summed E-state index contributed by atoms with van der Waals surface area (Å²) in [5.74, 6) is -1.20. The molecule has 2 amide bonds. The molecule has 9 nitrogen and oxygen atoms in total. The van der Waals surface area contributed by atoms with Gasteiger partial charge in [-0.25, -0.2) is 9.59 Å². The van der Waals surface area contributed by atoms with E-state index in [1.54, 1.807) is 32.9 Å². The van der Waals surface area contributed by atoms with E-state index in [-0.39, 0.29) is 19.1 Å². The number of hydrogen-bond donors (Lipinski definition) is 2. The number of carbonyl (C=O) groups excluding carboxylic acids is 3. The molecule has 0 radical (unpaired) electrons. The van der Waals surface area contributed by atoms with Crippen molar-refractivity contribution in [2.24, 2.45) is 5.92 Å². The van der Waals surface area contributed by atoms with E-state index in [0.717, 1.165) is 5.56 Å². The van der Waals surface area contributed by atoms with Gasteiger partial charge in [-0.1, -0.05) is 19.9 Å². The Hall–Kier alpha value is -2.59. The second-order valence-corrected chi connectivity index (χ2v) is 7.44. The van der Waals surface area contributed by atoms with E-state index in [1.807, 2.05) is 0 Å². The van der Waals surface area contributed by atoms with Crippen molar-refractivity contribution in [3.63, 3.8) is 0 Å². The van der Waals surface area contributed by atoms with Crippen LogP contribution in [0.25, 0.3) is 0 Å². The van der Waals surface area contributed by atoms with Crippen molar-refractivity contribution in [3.8, 4) is 0 Å². The monoisotopic (exact) mass is 404 g/mol. The van der Waals surface area contributed by atoms with Crippen molar-refractivity contribution in [2.75, 3.05) is 26.3 Å². The summed E-state index contributed by atoms with van der Waals surface area (Å²) >= 11 is 0. The molecule has 1 fully saturated rings. The quantitative estimate of drug-likeness (QED) is 0.484. The number of hydrogen-bond acceptors (Lipinski definition) is 7. The van der Waals surface area contributed by atoms with Gasteiger partial charge in [-0.3, -0.25) is 4.79 Å². The summed E-state index contributed by atoms with van der Waals surface area (Å²) in [7, 11) is -1.05. The zero-order valence-electron chi connectivity index (χ0n) is 16.8. The SMILES string of the molecule is Cc1c(C(=O)NC(C(=O)OCCN2CCOC2=O)C(C)C)ccc2c1B(O)OC2. The summed E-state index contributed by atoms with van der Waals surface area (Å²) in [4.78, 5) is 38.2. The molecule has 2 aliphatic rings. The van der Waals surface area contributed by atoms with Crippen molar-refractivity contribution in [1.29, 1.82) is 0 Å². The van der Waals surface area contributed by atoms with E-state index in [1.165, 1.54) is 4.90 Å². The third-order valence-corrected chi connectivity index (χ3v) is 5.15. The summed E-state index contributed by atoms with van der Waals surface area (Å²) < 4.78 is 15.3. The molecule has 1 aromatic rings. The number of cyclic esters (lactones) is 1. The van der Waals surface area contributed by atoms with Gasteiger partial charge in [-0.15, -0.1) is 0 Å². The Bertz CT molecular complexity index is 814. The number of rotatable bonds is 7. The van der Waals surface area contributed by atoms with Crippen molar-refractivity contribution in [3.05, 3.63) is 28.8 Å². The molecule has 156 valence electrons. The first-order valence-electron chi connectivity index (χ1n) is 9.60. The Labute approximate surface area is 169 Å². The number of nitrogens with zero attached hydrogens (tertiary/aromatic N) is 1. The van der Waals surface area contributed by atoms with Gasteiger partial charge >= 0.3 is 19.2 Å². The molecule has 0 aliphatic carbocycles. The Kier molecular flexibility index (Phi) is 6.44. The summed E-state index contributed by atoms with van der Waals surface area (Å²) in [6.07, 6.45) is -0.423. The highest BCUT2D eigenvalue weighted by Gasteiger charge is 2.32. The number of fused-ring (bicyclic) bond motifs is 1. The molecule has 1 aromatic carbocycles. The van der Waals surface area contributed by atoms with E-state index < -0.39 is 31.1 Å². The van der Waals surface area contributed by atoms with Crippen LogP contribution in [0.5, 0.6) is 0 Å². The minimum atomic E-state index is -1.05. The summed E-state index contributed by atoms with van der Waals surface area (Å²) in [5.41, 5.74) is 2.42. The van der Waals surface area contributed by atoms with Gasteiger partial charge in [0.2, 0.25) is 0 Å². The van der Waals surface area contributed by atoms with Crippen LogP contribution < -0.4 is 10.8 Å². The molecule has 0 saturated carbocycles. The first-order chi connectivity index (χ1) is 13.8. The lowest BCUT2D eigenvalue weighted by Gasteiger charge is -2.22. The minimum absolute atomic E-state index is 0.0222. The predicted molar refractivity (Wildman–Crippen MR) is 104 cm³/mol. The normalized spacial score (nSPS) is 16.7. The fourth-order valence-corrected chi connectivity index (χ4v) is 3.44. The Morgan fingerprint density at radius 1 is 1.38 bits per heavy atom. The van der Waals surface area contributed by atoms with Crippen LogP contribution >= 0.6 is 0 Å². The summed E-state index contributed by atoms with van der Waals surface area (Å²) in [6.45, 7) is 6.70. The van der Waals surface area contributed by atoms with Crippen LogP contribution in [0, 0.1) is 12.8 Å². The number of nitrogens with one attached hydrogen (secondary N) is 1. The maximum atomic E-state index is 12.8. The average Bonchev–Trinajstić information content (AvgIpc) is 3.25. The molecular weight excluding hydrogens is 379 g/mol. The van der Waals surface area contributed by atoms with Gasteiger partial charge in [-0.2, -0.15) is 0 Å². The van der Waals surface area contributed by atoms with E-state index in [4.69, 9.17) is 14.1 Å². The number of benzene rings is 1. The highest BCUT2D eigenvalue weighted by Crippen LogP contribution is 2.17. The molecule has 0 spiro atoms. The molecule has 2 aliphatic heterocycles. The molecule has 3 rings (SSSR count). The van der Waals surface area contributed by atoms with Gasteiger partial charge in [0.05, 0.1) is 19.7 Å². The zero-order chi connectivity index (χ0) is 21.1. The van der Waals surface area contributed by atoms with Gasteiger partial charge in [0.1, 0.15) is 19.3 Å². The van der Waals surface area contributed by atoms with Crippen LogP contribution in [0.1, 0.15) is 35.3 Å². The van der Waals surface area contributed by atoms with Gasteiger partial charge in [0, 0.05) is 5.56 Å². The minimum Gasteiger partial charge on any atom is -0.462 e. The maximum Gasteiger partial charge on any atom is 0.492 e. The molecule has 29 heavy (non-hydrogen) atoms. The van der Waals surface area contributed by atoms with Crippen molar-refractivity contribution >= 4 is 30.6 Å². The summed E-state index contributed by atoms with van der Waals surface area (Å²) in [6, 6.07) is 2.56. The van der Waals surface area contributed by atoms with Crippen molar-refractivity contribution < 1.29 is 33.5 Å². The molecule has 0 aromatic heterocycles. The largest absolute Gasteiger partial charge is 0.492 e. The van der Waals surface area contributed by atoms with Crippen molar-refractivity contribution in [1.82, 2.24) is 10.2 Å². The molecule has 1 saturated heterocycles. The van der Waals surface area contributed by atoms with E-state index in [2.05, 4.69) is 5.32 Å². The van der Waals surface area contributed by atoms with E-state index >= 15 is 0 Å². The number of carbonyl (C=O) groups is 3. The maximum absolute atomic E-state index is 12.8. The molecule has 1 atom stereocenters. The third kappa shape index (κ3) is 4.54. The number of ether oxygens (including phenoxy) is 2. The fraction of sp³-hybridized carbons (Fsp3) is 0.526. The van der Waals surface area contributed by atoms with Gasteiger partial charge in [0.15, 0.2) is 0 Å². The number of amides is 2. The van der Waals surface area contributed by atoms with Crippen LogP contribution in [0.15, 0.2) is 12.1 Å². The van der Waals surface area contributed by atoms with Gasteiger partial charge < -0.3 is 29.4 Å². The molecular formula is C19H25BN2O7. The second-order valence-electron chi connectivity index (χ2n) is 7.44. The van der Waals surface area contributed by atoms with E-state index in [0.29, 0.717) is 36.3 Å². The first-order valence-corrected chi connectivity index (χ1v) is 9.60. The van der Waals surface area contributed by atoms with Crippen LogP contribution in [0.4, 0.5) is 4.79 Å². The van der Waals surface area contributed by atoms with E-state index in [9.17, 15) is 19.4 Å². The molecule has 10 heteroatoms. The predicted octanol–water partition coefficient (Wildman–Crippen LogP) is -0.0375. The zero-order valence-corrected chi connectivity index (χ0v) is 16.8. The van der Waals surface area contributed by atoms with Gasteiger partial charge in [0.25, 0.3) is 5.91 Å². The molecule has 2 N–H and O–H groups in total. The lowest BCUT2D eigenvalue weighted by Crippen LogP contribution is -2.46. The van der Waals surface area contributed by atoms with Crippen LogP contribution in [0.3, 0.4) is 0 Å². The highest BCUT2D eigenvalue weighted by atomic mass is 16.6. The molecule has 1 unspecified atom stereocenters. The van der Waals surface area contributed by atoms with Crippen LogP contribution in [0.2, 0.25) is 0 Å². The van der Waals surface area contributed by atoms with Crippen LogP contribution in [-0.2, 0) is 25.5 Å². The Morgan fingerprint density at radius 3 is 2.79 bits per heavy atom. The average molecular weight is 404 g/mol. The Balaban J connectivity index is 1.62. The first kappa shape index (κ1) is 21.1. The number of esters is 1. The fourth-order valence-electron chi connectivity index (χ4n) is 3.44. The molecule has 2 heterocycles. The second kappa shape index (κ2) is 8.83. The molecule has 0 bridgehead atoms. The lowest BCUT2D eigenvalue weighted by atomic mass is 9.75. The smallest absolute Gasteiger partial charge is 0.462 e. The lowest BCUT2D eigenvalue weighted by molar-refractivity contribution is -0.147. The topological polar surface area (TPSA) is 114 Å². The standard InChI is InChI=1S/C19H25BN2O7/c1-11(2)16(18(24)27-8-6-22-7-9-28-19(22)25)21-17(23)14-5-4-13-10-29-20(26)15(13)12(14)3/h4-5,11,16,26H,6-10H2,1-3H3,(H,21,23). The third-order valence-electron chi connectivity index (χ3n) is 5.15. The summed E-state index contributed by atoms with van der Waals surface area (Å²) in [5, 5.41) is 12.7. The Morgan fingerprint density at radius 2 is 2.14 bits per heavy atom. The van der Waals surface area contributed by atoms with Crippen molar-refractivity contribution in [2.45, 2.75) is 33.4 Å². The van der Waals surface area contributed by atoms with Crippen LogP contribution in [-0.4, -0.2) is 67.4 Å².